The minimum absolute atomic E-state index is 0.0626. The van der Waals surface area contributed by atoms with Crippen molar-refractivity contribution in [2.75, 3.05) is 6.61 Å². The molecule has 0 aromatic heterocycles. The fraction of sp³-hybridized carbons (Fsp3) is 1.00. The Labute approximate surface area is 444 Å². The normalized spacial score (nSPS) is 41.1. The van der Waals surface area contributed by atoms with Crippen molar-refractivity contribution >= 4 is 33.3 Å². The topological polar surface area (TPSA) is 133 Å². The molecule has 0 aliphatic carbocycles. The molecule has 6 aliphatic heterocycles. The monoisotopic (exact) mass is 1090 g/mol. The van der Waals surface area contributed by atoms with Crippen molar-refractivity contribution < 1.29 is 56.3 Å². The Hall–Kier alpha value is 0.388. The van der Waals surface area contributed by atoms with E-state index in [1.54, 1.807) is 0 Å². The lowest BCUT2D eigenvalue weighted by atomic mass is 9.79. The number of hydrogen-bond donors (Lipinski definition) is 2. The van der Waals surface area contributed by atoms with Gasteiger partial charge in [-0.1, -0.05) is 90.0 Å². The van der Waals surface area contributed by atoms with Gasteiger partial charge in [0.2, 0.25) is 0 Å². The highest BCUT2D eigenvalue weighted by atomic mass is 28.4. The van der Waals surface area contributed by atoms with Gasteiger partial charge >= 0.3 is 0 Å². The molecule has 0 radical (unpaired) electrons. The number of aliphatic hydroxyl groups excluding tert-OH is 1. The van der Waals surface area contributed by atoms with Crippen molar-refractivity contribution in [2.45, 2.75) is 344 Å². The summed E-state index contributed by atoms with van der Waals surface area (Å²) in [4.78, 5) is 0. The molecule has 6 fully saturated rings. The molecule has 2 N–H and O–H groups in total. The minimum Gasteiger partial charge on any atom is -0.411 e. The van der Waals surface area contributed by atoms with Gasteiger partial charge in [0.15, 0.2) is 39.1 Å². The Bertz CT molecular complexity index is 1650. The van der Waals surface area contributed by atoms with Crippen LogP contribution in [0.15, 0.2) is 0 Å². The maximum atomic E-state index is 13.6. The summed E-state index contributed by atoms with van der Waals surface area (Å²) >= 11 is 0. The maximum absolute atomic E-state index is 13.6. The molecule has 0 amide bonds. The molecule has 0 bridgehead atoms. The molecule has 6 heterocycles. The van der Waals surface area contributed by atoms with Crippen LogP contribution in [0.5, 0.6) is 0 Å². The summed E-state index contributed by atoms with van der Waals surface area (Å²) in [6.07, 6.45) is 2.46. The number of hydrogen-bond acceptors (Lipinski definition) is 12. The summed E-state index contributed by atoms with van der Waals surface area (Å²) in [5.41, 5.74) is -1.99. The van der Waals surface area contributed by atoms with E-state index in [0.717, 1.165) is 98.2 Å². The molecule has 6 saturated heterocycles. The van der Waals surface area contributed by atoms with Crippen molar-refractivity contribution in [3.05, 3.63) is 0 Å². The summed E-state index contributed by atoms with van der Waals surface area (Å²) in [5.74, 6) is -1.51. The van der Waals surface area contributed by atoms with Crippen LogP contribution in [-0.4, -0.2) is 146 Å². The van der Waals surface area contributed by atoms with Crippen molar-refractivity contribution in [2.24, 2.45) is 5.92 Å². The lowest BCUT2D eigenvalue weighted by Gasteiger charge is -2.56. The van der Waals surface area contributed by atoms with E-state index < -0.39 is 74.2 Å². The van der Waals surface area contributed by atoms with Crippen molar-refractivity contribution in [1.82, 2.24) is 0 Å². The van der Waals surface area contributed by atoms with E-state index in [-0.39, 0.29) is 73.9 Å². The Morgan fingerprint density at radius 3 is 1.65 bits per heavy atom. The first-order valence-electron chi connectivity index (χ1n) is 30.1. The van der Waals surface area contributed by atoms with Gasteiger partial charge in [0.05, 0.1) is 77.8 Å². The van der Waals surface area contributed by atoms with Crippen LogP contribution in [0, 0.1) is 5.92 Å². The molecule has 17 atom stereocenters. The number of rotatable bonds is 24. The van der Waals surface area contributed by atoms with Crippen molar-refractivity contribution in [1.29, 1.82) is 0 Å². The summed E-state index contributed by atoms with van der Waals surface area (Å²) < 4.78 is 74.0. The van der Waals surface area contributed by atoms with Crippen LogP contribution in [0.25, 0.3) is 0 Å². The lowest BCUT2D eigenvalue weighted by molar-refractivity contribution is -0.332. The van der Waals surface area contributed by atoms with Crippen LogP contribution >= 0.6 is 0 Å². The molecule has 422 valence electrons. The predicted molar refractivity (Wildman–Crippen MR) is 299 cm³/mol. The van der Waals surface area contributed by atoms with Crippen LogP contribution in [0.4, 0.5) is 0 Å². The number of ether oxygens (including phenoxy) is 6. The third kappa shape index (κ3) is 12.4. The Kier molecular flexibility index (Phi) is 21.2. The molecule has 6 rings (SSSR count). The second-order valence-electron chi connectivity index (χ2n) is 24.6. The highest BCUT2D eigenvalue weighted by molar-refractivity contribution is 6.74. The first kappa shape index (κ1) is 61.6. The van der Waals surface area contributed by atoms with Gasteiger partial charge in [0.1, 0.15) is 12.2 Å². The molecular weight excluding hydrogens is 977 g/mol. The highest BCUT2D eigenvalue weighted by Crippen LogP contribution is 2.53. The van der Waals surface area contributed by atoms with Crippen molar-refractivity contribution in [3.63, 3.8) is 0 Å². The SMILES string of the molecule is CC[Si](CC)(CC)O[C@H]1[C@H](C)[C@H](CCO)O[C@@H]2C[C@@H]3O[C@](C)(C[C@H]4C[C@](O)(O[Si](CC)(CC)CC)[C@@H]5O[C@@H]6C[C@H](O[Si](CC)(CC)CC)[C@@H](C)O[C@@]6(C)CC[C@H]5O4)[C@@H](O[Si](CC)(CC)CC)CC[C@@]3(C)O[C@@H]12. The Morgan fingerprint density at radius 1 is 0.569 bits per heavy atom. The smallest absolute Gasteiger partial charge is 0.195 e. The summed E-state index contributed by atoms with van der Waals surface area (Å²) in [6, 6.07) is 12.2. The van der Waals surface area contributed by atoms with Crippen LogP contribution in [0.1, 0.15) is 175 Å². The van der Waals surface area contributed by atoms with E-state index in [9.17, 15) is 10.2 Å². The first-order chi connectivity index (χ1) is 34.1. The van der Waals surface area contributed by atoms with Crippen LogP contribution in [-0.2, 0) is 46.1 Å². The lowest BCUT2D eigenvalue weighted by Crippen LogP contribution is -2.67. The van der Waals surface area contributed by atoms with E-state index in [1.807, 2.05) is 0 Å². The summed E-state index contributed by atoms with van der Waals surface area (Å²) in [7, 11) is -8.57. The fourth-order valence-electron chi connectivity index (χ4n) is 14.7. The van der Waals surface area contributed by atoms with Gasteiger partial charge in [-0.15, -0.1) is 0 Å². The van der Waals surface area contributed by atoms with Gasteiger partial charge in [-0.3, -0.25) is 0 Å². The molecular formula is C56H110O12Si4. The molecule has 0 aromatic carbocycles. The molecule has 12 nitrogen and oxygen atoms in total. The molecule has 6 aliphatic rings. The number of fused-ring (bicyclic) bond motifs is 4. The molecule has 0 spiro atoms. The van der Waals surface area contributed by atoms with Gasteiger partial charge in [0, 0.05) is 38.2 Å². The maximum Gasteiger partial charge on any atom is 0.195 e. The van der Waals surface area contributed by atoms with E-state index in [0.29, 0.717) is 25.7 Å². The standard InChI is InChI=1S/C56H110O12Si4/c1-18-69(19-2,20-3)65-45-36-48-53(15,62-41(45)14)33-30-44-52(61-48)56(58,68-72(27-10,28-11)29-12)39-42(59-44)38-55(17)47(66-70(21-4,22-5)23-6)31-34-54(16)49(63-55)37-46-51(64-54)50(40(13)43(60-46)32-35-57)67-71(24-7,25-8)26-9/h40-52,57-58H,18-39H2,1-17H3/t40-,41-,42+,43+,44-,45+,46-,47+,48-,49+,50+,51-,52-,53+,54-,55-,56+/m1/s1. The summed E-state index contributed by atoms with van der Waals surface area (Å²) in [6.45, 7) is 38.6. The molecule has 0 saturated carbocycles. The average molecular weight is 1090 g/mol. The third-order valence-corrected chi connectivity index (χ3v) is 39.6. The summed E-state index contributed by atoms with van der Waals surface area (Å²) in [5, 5.41) is 23.9. The third-order valence-electron chi connectivity index (χ3n) is 21.0. The van der Waals surface area contributed by atoms with E-state index >= 15 is 0 Å². The van der Waals surface area contributed by atoms with E-state index in [4.69, 9.17) is 46.1 Å². The zero-order chi connectivity index (χ0) is 53.1. The zero-order valence-electron chi connectivity index (χ0n) is 49.0. The van der Waals surface area contributed by atoms with Gasteiger partial charge in [-0.25, -0.2) is 0 Å². The van der Waals surface area contributed by atoms with Gasteiger partial charge in [0.25, 0.3) is 0 Å². The first-order valence-corrected chi connectivity index (χ1v) is 40.2. The molecule has 72 heavy (non-hydrogen) atoms. The van der Waals surface area contributed by atoms with Gasteiger partial charge in [-0.2, -0.15) is 0 Å². The molecule has 0 unspecified atom stereocenters. The highest BCUT2D eigenvalue weighted by Gasteiger charge is 2.63. The largest absolute Gasteiger partial charge is 0.411 e. The quantitative estimate of drug-likeness (QED) is 0.0704. The van der Waals surface area contributed by atoms with Crippen LogP contribution in [0.3, 0.4) is 0 Å². The number of aliphatic hydroxyl groups is 2. The Morgan fingerprint density at radius 2 is 1.10 bits per heavy atom. The van der Waals surface area contributed by atoms with Crippen molar-refractivity contribution in [3.8, 4) is 0 Å². The zero-order valence-corrected chi connectivity index (χ0v) is 53.0. The average Bonchev–Trinajstić information content (AvgIpc) is 3.58. The predicted octanol–water partition coefficient (Wildman–Crippen LogP) is 12.8. The fourth-order valence-corrected chi connectivity index (χ4v) is 26.4. The molecule has 16 heteroatoms. The van der Waals surface area contributed by atoms with Gasteiger partial charge in [-0.05, 0) is 132 Å². The van der Waals surface area contributed by atoms with Crippen LogP contribution in [0.2, 0.25) is 72.5 Å². The van der Waals surface area contributed by atoms with E-state index in [2.05, 4.69) is 118 Å². The molecule has 0 aromatic rings. The van der Waals surface area contributed by atoms with Crippen LogP contribution < -0.4 is 0 Å². The Balaban J connectivity index is 1.37. The second-order valence-corrected chi connectivity index (χ2v) is 43.5. The van der Waals surface area contributed by atoms with E-state index in [1.165, 1.54) is 0 Å². The second kappa shape index (κ2) is 24.8. The van der Waals surface area contributed by atoms with Gasteiger partial charge < -0.3 is 56.3 Å². The minimum atomic E-state index is -2.41.